The second kappa shape index (κ2) is 6.70. The standard InChI is InChI=1S/C18H22N4O3/c1-18(2,24)15(23)10-22-11-19-16(17(22)13-8-20-21-9-13)12-5-4-6-14(7-12)25-3/h4-9,11,15,23-24H,10H2,1-3H3,(H,20,21). The van der Waals surface area contributed by atoms with Gasteiger partial charge in [0.05, 0.1) is 43.2 Å². The van der Waals surface area contributed by atoms with E-state index in [9.17, 15) is 10.2 Å². The van der Waals surface area contributed by atoms with Gasteiger partial charge in [-0.3, -0.25) is 5.10 Å². The van der Waals surface area contributed by atoms with Gasteiger partial charge >= 0.3 is 0 Å². The van der Waals surface area contributed by atoms with Gasteiger partial charge < -0.3 is 19.5 Å². The van der Waals surface area contributed by atoms with Crippen LogP contribution < -0.4 is 4.74 Å². The molecular formula is C18H22N4O3. The van der Waals surface area contributed by atoms with Crippen LogP contribution in [0.3, 0.4) is 0 Å². The summed E-state index contributed by atoms with van der Waals surface area (Å²) in [5, 5.41) is 27.1. The predicted octanol–water partition coefficient (Wildman–Crippen LogP) is 2.08. The fourth-order valence-electron chi connectivity index (χ4n) is 2.60. The molecule has 3 N–H and O–H groups in total. The minimum Gasteiger partial charge on any atom is -0.497 e. The highest BCUT2D eigenvalue weighted by atomic mass is 16.5. The largest absolute Gasteiger partial charge is 0.497 e. The zero-order valence-electron chi connectivity index (χ0n) is 14.5. The lowest BCUT2D eigenvalue weighted by Gasteiger charge is -2.25. The van der Waals surface area contributed by atoms with Crippen LogP contribution in [0.5, 0.6) is 5.75 Å². The van der Waals surface area contributed by atoms with Crippen molar-refractivity contribution in [2.75, 3.05) is 7.11 Å². The van der Waals surface area contributed by atoms with Gasteiger partial charge in [0, 0.05) is 17.3 Å². The number of H-pyrrole nitrogens is 1. The fraction of sp³-hybridized carbons (Fsp3) is 0.333. The molecule has 3 rings (SSSR count). The van der Waals surface area contributed by atoms with Crippen molar-refractivity contribution in [2.24, 2.45) is 0 Å². The quantitative estimate of drug-likeness (QED) is 0.637. The van der Waals surface area contributed by atoms with E-state index in [4.69, 9.17) is 4.74 Å². The molecule has 0 fully saturated rings. The number of ether oxygens (including phenoxy) is 1. The van der Waals surface area contributed by atoms with E-state index in [-0.39, 0.29) is 6.54 Å². The normalized spacial score (nSPS) is 13.0. The second-order valence-electron chi connectivity index (χ2n) is 6.48. The molecule has 0 aliphatic heterocycles. The predicted molar refractivity (Wildman–Crippen MR) is 94.1 cm³/mol. The number of aromatic amines is 1. The number of rotatable bonds is 6. The van der Waals surface area contributed by atoms with E-state index in [0.29, 0.717) is 0 Å². The molecule has 0 bridgehead atoms. The van der Waals surface area contributed by atoms with Gasteiger partial charge in [0.25, 0.3) is 0 Å². The Morgan fingerprint density at radius 3 is 2.76 bits per heavy atom. The molecule has 0 amide bonds. The first-order chi connectivity index (χ1) is 11.9. The summed E-state index contributed by atoms with van der Waals surface area (Å²) in [4.78, 5) is 4.53. The molecule has 25 heavy (non-hydrogen) atoms. The summed E-state index contributed by atoms with van der Waals surface area (Å²) >= 11 is 0. The molecule has 0 radical (unpaired) electrons. The molecule has 132 valence electrons. The van der Waals surface area contributed by atoms with E-state index in [1.165, 1.54) is 0 Å². The number of aliphatic hydroxyl groups is 2. The molecule has 2 heterocycles. The Morgan fingerprint density at radius 1 is 1.32 bits per heavy atom. The van der Waals surface area contributed by atoms with E-state index < -0.39 is 11.7 Å². The lowest BCUT2D eigenvalue weighted by molar-refractivity contribution is -0.0550. The smallest absolute Gasteiger partial charge is 0.119 e. The first-order valence-electron chi connectivity index (χ1n) is 7.99. The highest BCUT2D eigenvalue weighted by Crippen LogP contribution is 2.32. The van der Waals surface area contributed by atoms with Crippen molar-refractivity contribution < 1.29 is 14.9 Å². The van der Waals surface area contributed by atoms with Crippen molar-refractivity contribution in [2.45, 2.75) is 32.1 Å². The highest BCUT2D eigenvalue weighted by Gasteiger charge is 2.27. The van der Waals surface area contributed by atoms with Crippen LogP contribution >= 0.6 is 0 Å². The second-order valence-corrected chi connectivity index (χ2v) is 6.48. The number of aromatic nitrogens is 4. The topological polar surface area (TPSA) is 96.2 Å². The summed E-state index contributed by atoms with van der Waals surface area (Å²) in [5.74, 6) is 0.738. The first-order valence-corrected chi connectivity index (χ1v) is 7.99. The molecular weight excluding hydrogens is 320 g/mol. The molecule has 0 saturated carbocycles. The minimum absolute atomic E-state index is 0.209. The van der Waals surface area contributed by atoms with E-state index in [1.807, 2.05) is 28.8 Å². The van der Waals surface area contributed by atoms with E-state index in [2.05, 4.69) is 15.2 Å². The molecule has 7 heteroatoms. The maximum absolute atomic E-state index is 10.3. The molecule has 1 unspecified atom stereocenters. The third-order valence-electron chi connectivity index (χ3n) is 4.14. The van der Waals surface area contributed by atoms with Gasteiger partial charge in [0.1, 0.15) is 11.9 Å². The van der Waals surface area contributed by atoms with E-state index in [1.54, 1.807) is 39.7 Å². The van der Waals surface area contributed by atoms with Crippen LogP contribution in [0.15, 0.2) is 43.0 Å². The Bertz CT molecular complexity index is 834. The number of hydrogen-bond donors (Lipinski definition) is 3. The molecule has 3 aromatic rings. The van der Waals surface area contributed by atoms with Crippen molar-refractivity contribution in [1.29, 1.82) is 0 Å². The first kappa shape index (κ1) is 17.2. The molecule has 7 nitrogen and oxygen atoms in total. The van der Waals surface area contributed by atoms with Crippen molar-refractivity contribution >= 4 is 0 Å². The van der Waals surface area contributed by atoms with Crippen LogP contribution in [0.25, 0.3) is 22.5 Å². The van der Waals surface area contributed by atoms with Crippen LogP contribution in [0.2, 0.25) is 0 Å². The van der Waals surface area contributed by atoms with Crippen LogP contribution in [0.4, 0.5) is 0 Å². The van der Waals surface area contributed by atoms with Gasteiger partial charge in [0.2, 0.25) is 0 Å². The summed E-state index contributed by atoms with van der Waals surface area (Å²) in [7, 11) is 1.62. The SMILES string of the molecule is COc1cccc(-c2ncn(CC(O)C(C)(C)O)c2-c2cn[nH]c2)c1. The molecule has 0 saturated heterocycles. The zero-order chi connectivity index (χ0) is 18.0. The third kappa shape index (κ3) is 3.57. The number of aliphatic hydroxyl groups excluding tert-OH is 1. The summed E-state index contributed by atoms with van der Waals surface area (Å²) < 4.78 is 7.12. The monoisotopic (exact) mass is 342 g/mol. The van der Waals surface area contributed by atoms with Gasteiger partial charge in [-0.1, -0.05) is 12.1 Å². The Morgan fingerprint density at radius 2 is 2.12 bits per heavy atom. The molecule has 1 atom stereocenters. The van der Waals surface area contributed by atoms with Gasteiger partial charge in [-0.25, -0.2) is 4.98 Å². The summed E-state index contributed by atoms with van der Waals surface area (Å²) in [6.07, 6.45) is 4.19. The van der Waals surface area contributed by atoms with Gasteiger partial charge in [0.15, 0.2) is 0 Å². The zero-order valence-corrected chi connectivity index (χ0v) is 14.5. The number of nitrogens with zero attached hydrogens (tertiary/aromatic N) is 3. The molecule has 1 aromatic carbocycles. The Balaban J connectivity index is 2.08. The van der Waals surface area contributed by atoms with Crippen LogP contribution in [0.1, 0.15) is 13.8 Å². The third-order valence-corrected chi connectivity index (χ3v) is 4.14. The maximum Gasteiger partial charge on any atom is 0.119 e. The van der Waals surface area contributed by atoms with Crippen molar-refractivity contribution in [3.63, 3.8) is 0 Å². The lowest BCUT2D eigenvalue weighted by Crippen LogP contribution is -2.39. The van der Waals surface area contributed by atoms with Crippen LogP contribution in [-0.2, 0) is 6.54 Å². The summed E-state index contributed by atoms with van der Waals surface area (Å²) in [5.41, 5.74) is 2.09. The van der Waals surface area contributed by atoms with Crippen LogP contribution in [0, 0.1) is 0 Å². The van der Waals surface area contributed by atoms with E-state index in [0.717, 1.165) is 28.3 Å². The van der Waals surface area contributed by atoms with Gasteiger partial charge in [-0.2, -0.15) is 5.10 Å². The average Bonchev–Trinajstić information content (AvgIpc) is 3.23. The highest BCUT2D eigenvalue weighted by molar-refractivity contribution is 5.78. The van der Waals surface area contributed by atoms with Crippen molar-refractivity contribution in [3.8, 4) is 28.3 Å². The minimum atomic E-state index is -1.21. The van der Waals surface area contributed by atoms with E-state index >= 15 is 0 Å². The molecule has 0 aliphatic rings. The molecule has 2 aromatic heterocycles. The number of benzene rings is 1. The molecule has 0 aliphatic carbocycles. The number of imidazole rings is 1. The summed E-state index contributed by atoms with van der Waals surface area (Å²) in [6, 6.07) is 7.63. The number of methoxy groups -OCH3 is 1. The van der Waals surface area contributed by atoms with Crippen molar-refractivity contribution in [1.82, 2.24) is 19.7 Å². The number of nitrogens with one attached hydrogen (secondary N) is 1. The Labute approximate surface area is 145 Å². The van der Waals surface area contributed by atoms with Crippen LogP contribution in [-0.4, -0.2) is 48.8 Å². The lowest BCUT2D eigenvalue weighted by atomic mass is 10.0. The Kier molecular flexibility index (Phi) is 4.61. The van der Waals surface area contributed by atoms with Gasteiger partial charge in [-0.15, -0.1) is 0 Å². The van der Waals surface area contributed by atoms with Gasteiger partial charge in [-0.05, 0) is 26.0 Å². The van der Waals surface area contributed by atoms with Crippen molar-refractivity contribution in [3.05, 3.63) is 43.0 Å². The average molecular weight is 342 g/mol. The molecule has 0 spiro atoms. The Hall–Kier alpha value is -2.64. The fourth-order valence-corrected chi connectivity index (χ4v) is 2.60. The summed E-state index contributed by atoms with van der Waals surface area (Å²) in [6.45, 7) is 3.37. The maximum atomic E-state index is 10.3. The number of hydrogen-bond acceptors (Lipinski definition) is 5.